The lowest BCUT2D eigenvalue weighted by atomic mass is 10.1. The molecular formula is C11H11N5S. The number of aryl methyl sites for hydroxylation is 2. The average Bonchev–Trinajstić information content (AvgIpc) is 2.83. The summed E-state index contributed by atoms with van der Waals surface area (Å²) < 4.78 is 1.66. The predicted molar refractivity (Wildman–Crippen MR) is 68.0 cm³/mol. The first kappa shape index (κ1) is 10.2. The normalized spacial score (nSPS) is 11.2. The van der Waals surface area contributed by atoms with Crippen molar-refractivity contribution in [3.05, 3.63) is 29.6 Å². The highest BCUT2D eigenvalue weighted by Gasteiger charge is 2.12. The van der Waals surface area contributed by atoms with Crippen LogP contribution in [0.25, 0.3) is 15.5 Å². The average molecular weight is 245 g/mol. The zero-order chi connectivity index (χ0) is 12.0. The van der Waals surface area contributed by atoms with Crippen molar-refractivity contribution in [2.75, 3.05) is 5.73 Å². The highest BCUT2D eigenvalue weighted by molar-refractivity contribution is 7.19. The van der Waals surface area contributed by atoms with E-state index >= 15 is 0 Å². The number of anilines is 1. The van der Waals surface area contributed by atoms with E-state index in [4.69, 9.17) is 5.73 Å². The summed E-state index contributed by atoms with van der Waals surface area (Å²) in [5.41, 5.74) is 10.1. The van der Waals surface area contributed by atoms with Gasteiger partial charge in [0, 0.05) is 11.3 Å². The van der Waals surface area contributed by atoms with Crippen LogP contribution in [0.15, 0.2) is 18.5 Å². The van der Waals surface area contributed by atoms with Crippen molar-refractivity contribution in [1.82, 2.24) is 19.8 Å². The lowest BCUT2D eigenvalue weighted by molar-refractivity contribution is 0.960. The Morgan fingerprint density at radius 3 is 2.88 bits per heavy atom. The van der Waals surface area contributed by atoms with E-state index in [1.54, 1.807) is 10.8 Å². The van der Waals surface area contributed by atoms with Gasteiger partial charge in [-0.2, -0.15) is 9.61 Å². The number of benzene rings is 1. The second-order valence-corrected chi connectivity index (χ2v) is 4.96. The molecule has 2 N–H and O–H groups in total. The van der Waals surface area contributed by atoms with E-state index in [0.717, 1.165) is 26.8 Å². The topological polar surface area (TPSA) is 69.1 Å². The molecule has 0 amide bonds. The fourth-order valence-electron chi connectivity index (χ4n) is 1.82. The molecule has 0 bridgehead atoms. The third-order valence-corrected chi connectivity index (χ3v) is 3.59. The molecule has 5 nitrogen and oxygen atoms in total. The van der Waals surface area contributed by atoms with E-state index in [9.17, 15) is 0 Å². The highest BCUT2D eigenvalue weighted by Crippen LogP contribution is 2.32. The summed E-state index contributed by atoms with van der Waals surface area (Å²) in [4.78, 5) is 0.776. The smallest absolute Gasteiger partial charge is 0.234 e. The molecule has 0 aliphatic carbocycles. The van der Waals surface area contributed by atoms with Gasteiger partial charge in [0.05, 0.1) is 0 Å². The molecule has 3 rings (SSSR count). The first-order chi connectivity index (χ1) is 8.15. The Balaban J connectivity index is 2.24. The molecule has 0 saturated carbocycles. The molecule has 0 spiro atoms. The minimum absolute atomic E-state index is 0.776. The Kier molecular flexibility index (Phi) is 2.12. The van der Waals surface area contributed by atoms with Crippen molar-refractivity contribution in [2.24, 2.45) is 0 Å². The molecule has 1 aromatic carbocycles. The SMILES string of the molecule is Cc1cc(C)c(N)c(-c2nn3cnnc3s2)c1. The van der Waals surface area contributed by atoms with E-state index in [1.807, 2.05) is 13.0 Å². The van der Waals surface area contributed by atoms with Crippen LogP contribution in [-0.4, -0.2) is 19.8 Å². The summed E-state index contributed by atoms with van der Waals surface area (Å²) in [5, 5.41) is 13.0. The van der Waals surface area contributed by atoms with Crippen LogP contribution in [0.4, 0.5) is 5.69 Å². The van der Waals surface area contributed by atoms with E-state index in [0.29, 0.717) is 0 Å². The Morgan fingerprint density at radius 1 is 1.29 bits per heavy atom. The van der Waals surface area contributed by atoms with Crippen LogP contribution in [0.5, 0.6) is 0 Å². The van der Waals surface area contributed by atoms with Crippen LogP contribution >= 0.6 is 11.3 Å². The van der Waals surface area contributed by atoms with Gasteiger partial charge in [-0.1, -0.05) is 23.0 Å². The Bertz CT molecular complexity index is 669. The summed E-state index contributed by atoms with van der Waals surface area (Å²) in [6.45, 7) is 4.06. The zero-order valence-corrected chi connectivity index (χ0v) is 10.3. The number of fused-ring (bicyclic) bond motifs is 1. The van der Waals surface area contributed by atoms with E-state index < -0.39 is 0 Å². The van der Waals surface area contributed by atoms with Crippen LogP contribution in [0.1, 0.15) is 11.1 Å². The molecule has 0 atom stereocenters. The summed E-state index contributed by atoms with van der Waals surface area (Å²) in [6.07, 6.45) is 1.59. The van der Waals surface area contributed by atoms with Gasteiger partial charge >= 0.3 is 0 Å². The van der Waals surface area contributed by atoms with Crippen molar-refractivity contribution in [3.8, 4) is 10.6 Å². The number of nitrogen functional groups attached to an aromatic ring is 1. The van der Waals surface area contributed by atoms with Crippen LogP contribution in [0.3, 0.4) is 0 Å². The largest absolute Gasteiger partial charge is 0.398 e. The molecule has 0 fully saturated rings. The number of rotatable bonds is 1. The first-order valence-electron chi connectivity index (χ1n) is 5.19. The van der Waals surface area contributed by atoms with Gasteiger partial charge in [-0.05, 0) is 25.5 Å². The van der Waals surface area contributed by atoms with Gasteiger partial charge in [-0.3, -0.25) is 0 Å². The monoisotopic (exact) mass is 245 g/mol. The Morgan fingerprint density at radius 2 is 2.12 bits per heavy atom. The number of nitrogens with zero attached hydrogens (tertiary/aromatic N) is 4. The number of aromatic nitrogens is 4. The van der Waals surface area contributed by atoms with Crippen LogP contribution in [0, 0.1) is 13.8 Å². The third kappa shape index (κ3) is 1.57. The Labute approximate surface area is 102 Å². The zero-order valence-electron chi connectivity index (χ0n) is 9.51. The molecule has 6 heteroatoms. The van der Waals surface area contributed by atoms with Gasteiger partial charge in [-0.25, -0.2) is 0 Å². The summed E-state index contributed by atoms with van der Waals surface area (Å²) in [7, 11) is 0. The molecule has 17 heavy (non-hydrogen) atoms. The molecule has 0 saturated heterocycles. The van der Waals surface area contributed by atoms with Gasteiger partial charge in [0.15, 0.2) is 0 Å². The molecule has 2 heterocycles. The first-order valence-corrected chi connectivity index (χ1v) is 6.01. The summed E-state index contributed by atoms with van der Waals surface area (Å²) >= 11 is 1.49. The number of hydrogen-bond donors (Lipinski definition) is 1. The number of hydrogen-bond acceptors (Lipinski definition) is 5. The molecular weight excluding hydrogens is 234 g/mol. The summed E-state index contributed by atoms with van der Waals surface area (Å²) in [6, 6.07) is 4.12. The maximum absolute atomic E-state index is 6.10. The highest BCUT2D eigenvalue weighted by atomic mass is 32.1. The molecule has 0 aliphatic rings. The standard InChI is InChI=1S/C11H11N5S/c1-6-3-7(2)9(12)8(4-6)10-15-16-5-13-14-11(16)17-10/h3-5H,12H2,1-2H3. The molecule has 0 aliphatic heterocycles. The quantitative estimate of drug-likeness (QED) is 0.666. The molecule has 0 radical (unpaired) electrons. The molecule has 2 aromatic heterocycles. The second-order valence-electron chi connectivity index (χ2n) is 4.01. The second kappa shape index (κ2) is 3.53. The van der Waals surface area contributed by atoms with Gasteiger partial charge < -0.3 is 5.73 Å². The predicted octanol–water partition coefficient (Wildman–Crippen LogP) is 2.05. The maximum atomic E-state index is 6.10. The van der Waals surface area contributed by atoms with Crippen molar-refractivity contribution < 1.29 is 0 Å². The Hall–Kier alpha value is -1.95. The lowest BCUT2D eigenvalue weighted by Gasteiger charge is -2.07. The summed E-state index contributed by atoms with van der Waals surface area (Å²) in [5.74, 6) is 0. The lowest BCUT2D eigenvalue weighted by Crippen LogP contribution is -1.95. The maximum Gasteiger partial charge on any atom is 0.234 e. The van der Waals surface area contributed by atoms with E-state index in [-0.39, 0.29) is 0 Å². The fourth-order valence-corrected chi connectivity index (χ4v) is 2.67. The van der Waals surface area contributed by atoms with Gasteiger partial charge in [-0.15, -0.1) is 10.2 Å². The van der Waals surface area contributed by atoms with Crippen molar-refractivity contribution in [3.63, 3.8) is 0 Å². The van der Waals surface area contributed by atoms with Crippen LogP contribution < -0.4 is 5.73 Å². The van der Waals surface area contributed by atoms with E-state index in [1.165, 1.54) is 16.9 Å². The van der Waals surface area contributed by atoms with Crippen molar-refractivity contribution in [2.45, 2.75) is 13.8 Å². The molecule has 3 aromatic rings. The minimum Gasteiger partial charge on any atom is -0.398 e. The fraction of sp³-hybridized carbons (Fsp3) is 0.182. The minimum atomic E-state index is 0.776. The van der Waals surface area contributed by atoms with E-state index in [2.05, 4.69) is 28.3 Å². The molecule has 0 unspecified atom stereocenters. The molecule has 86 valence electrons. The van der Waals surface area contributed by atoms with Crippen molar-refractivity contribution in [1.29, 1.82) is 0 Å². The van der Waals surface area contributed by atoms with Gasteiger partial charge in [0.2, 0.25) is 4.96 Å². The third-order valence-electron chi connectivity index (χ3n) is 2.65. The van der Waals surface area contributed by atoms with Crippen LogP contribution in [0.2, 0.25) is 0 Å². The van der Waals surface area contributed by atoms with Gasteiger partial charge in [0.25, 0.3) is 0 Å². The van der Waals surface area contributed by atoms with Crippen LogP contribution in [-0.2, 0) is 0 Å². The number of nitrogens with two attached hydrogens (primary N) is 1. The van der Waals surface area contributed by atoms with Gasteiger partial charge in [0.1, 0.15) is 11.3 Å². The van der Waals surface area contributed by atoms with Crippen molar-refractivity contribution >= 4 is 22.0 Å².